The second-order valence-corrected chi connectivity index (χ2v) is 4.94. The van der Waals surface area contributed by atoms with Gasteiger partial charge >= 0.3 is 5.97 Å². The summed E-state index contributed by atoms with van der Waals surface area (Å²) in [7, 11) is 0. The number of carboxylic acids is 1. The Morgan fingerprint density at radius 3 is 2.89 bits per heavy atom. The number of hydrogen-bond acceptors (Lipinski definition) is 5. The second-order valence-electron chi connectivity index (χ2n) is 4.94. The Balaban J connectivity index is 2.32. The molecule has 0 radical (unpaired) electrons. The average Bonchev–Trinajstić information content (AvgIpc) is 2.27. The smallest absolute Gasteiger partial charge is 0.354 e. The number of aromatic carboxylic acids is 1. The molecular formula is C12H17N3O3. The molecule has 0 spiro atoms. The predicted molar refractivity (Wildman–Crippen MR) is 67.9 cm³/mol. The third-order valence-corrected chi connectivity index (χ3v) is 2.85. The molecule has 2 rings (SSSR count). The van der Waals surface area contributed by atoms with Crippen LogP contribution in [0.25, 0.3) is 0 Å². The minimum Gasteiger partial charge on any atom is -0.477 e. The first-order valence-corrected chi connectivity index (χ1v) is 5.78. The Morgan fingerprint density at radius 2 is 2.28 bits per heavy atom. The van der Waals surface area contributed by atoms with Gasteiger partial charge in [-0.3, -0.25) is 0 Å². The molecule has 6 nitrogen and oxygen atoms in total. The van der Waals surface area contributed by atoms with E-state index in [2.05, 4.69) is 4.98 Å². The fraction of sp³-hybridized carbons (Fsp3) is 0.500. The van der Waals surface area contributed by atoms with Gasteiger partial charge in [-0.15, -0.1) is 0 Å². The molecule has 1 aromatic rings. The molecule has 98 valence electrons. The van der Waals surface area contributed by atoms with E-state index in [4.69, 9.17) is 15.6 Å². The van der Waals surface area contributed by atoms with Gasteiger partial charge in [0, 0.05) is 13.1 Å². The van der Waals surface area contributed by atoms with Gasteiger partial charge < -0.3 is 20.5 Å². The molecule has 0 bridgehead atoms. The number of ether oxygens (including phenoxy) is 1. The zero-order chi connectivity index (χ0) is 13.3. The zero-order valence-corrected chi connectivity index (χ0v) is 10.5. The number of nitrogens with zero attached hydrogens (tertiary/aromatic N) is 2. The number of aromatic nitrogens is 1. The highest BCUT2D eigenvalue weighted by Crippen LogP contribution is 2.26. The van der Waals surface area contributed by atoms with E-state index in [-0.39, 0.29) is 11.3 Å². The summed E-state index contributed by atoms with van der Waals surface area (Å²) in [6, 6.07) is 2.99. The summed E-state index contributed by atoms with van der Waals surface area (Å²) in [6.07, 6.45) is 0. The third kappa shape index (κ3) is 2.53. The van der Waals surface area contributed by atoms with E-state index in [9.17, 15) is 4.79 Å². The SMILES string of the molecule is CC1(C)CN(c2nc(C(=O)O)ccc2N)CCO1. The summed E-state index contributed by atoms with van der Waals surface area (Å²) in [5.74, 6) is -0.532. The quantitative estimate of drug-likeness (QED) is 0.814. The van der Waals surface area contributed by atoms with E-state index >= 15 is 0 Å². The molecule has 18 heavy (non-hydrogen) atoms. The van der Waals surface area contributed by atoms with Crippen LogP contribution in [0.5, 0.6) is 0 Å². The Bertz CT molecular complexity index is 474. The van der Waals surface area contributed by atoms with E-state index in [1.54, 1.807) is 6.07 Å². The number of nitrogen functional groups attached to an aromatic ring is 1. The minimum absolute atomic E-state index is 0.00324. The number of rotatable bonds is 2. The van der Waals surface area contributed by atoms with Crippen LogP contribution >= 0.6 is 0 Å². The number of morpholine rings is 1. The number of nitrogens with two attached hydrogens (primary N) is 1. The number of carbonyl (C=O) groups is 1. The zero-order valence-electron chi connectivity index (χ0n) is 10.5. The molecule has 0 unspecified atom stereocenters. The van der Waals surface area contributed by atoms with Crippen LogP contribution in [0, 0.1) is 0 Å². The lowest BCUT2D eigenvalue weighted by Crippen LogP contribution is -2.48. The Hall–Kier alpha value is -1.82. The molecule has 1 fully saturated rings. The van der Waals surface area contributed by atoms with Crippen molar-refractivity contribution in [3.8, 4) is 0 Å². The normalized spacial score (nSPS) is 18.7. The molecular weight excluding hydrogens is 234 g/mol. The maximum absolute atomic E-state index is 10.9. The lowest BCUT2D eigenvalue weighted by Gasteiger charge is -2.39. The van der Waals surface area contributed by atoms with E-state index in [1.807, 2.05) is 18.7 Å². The lowest BCUT2D eigenvalue weighted by atomic mass is 10.1. The van der Waals surface area contributed by atoms with Gasteiger partial charge in [-0.1, -0.05) is 0 Å². The fourth-order valence-corrected chi connectivity index (χ4v) is 2.03. The molecule has 1 aliphatic rings. The van der Waals surface area contributed by atoms with Crippen LogP contribution < -0.4 is 10.6 Å². The molecule has 0 saturated carbocycles. The maximum Gasteiger partial charge on any atom is 0.354 e. The summed E-state index contributed by atoms with van der Waals surface area (Å²) in [6.45, 7) is 5.83. The molecule has 1 saturated heterocycles. The van der Waals surface area contributed by atoms with E-state index in [1.165, 1.54) is 6.07 Å². The van der Waals surface area contributed by atoms with Crippen molar-refractivity contribution >= 4 is 17.5 Å². The molecule has 0 aliphatic carbocycles. The van der Waals surface area contributed by atoms with Crippen LogP contribution in [0.1, 0.15) is 24.3 Å². The topological polar surface area (TPSA) is 88.7 Å². The molecule has 6 heteroatoms. The number of pyridine rings is 1. The van der Waals surface area contributed by atoms with Crippen LogP contribution in [0.15, 0.2) is 12.1 Å². The molecule has 1 aliphatic heterocycles. The number of carboxylic acid groups (broad SMARTS) is 1. The van der Waals surface area contributed by atoms with Crippen molar-refractivity contribution in [3.63, 3.8) is 0 Å². The Morgan fingerprint density at radius 1 is 1.56 bits per heavy atom. The first kappa shape index (κ1) is 12.6. The van der Waals surface area contributed by atoms with Gasteiger partial charge in [0.1, 0.15) is 0 Å². The van der Waals surface area contributed by atoms with Gasteiger partial charge in [0.25, 0.3) is 0 Å². The summed E-state index contributed by atoms with van der Waals surface area (Å²) in [4.78, 5) is 17.0. The van der Waals surface area contributed by atoms with Gasteiger partial charge in [-0.2, -0.15) is 0 Å². The van der Waals surface area contributed by atoms with Gasteiger partial charge in [0.05, 0.1) is 17.9 Å². The first-order chi connectivity index (χ1) is 8.39. The van der Waals surface area contributed by atoms with Crippen LogP contribution in [0.4, 0.5) is 11.5 Å². The molecule has 0 atom stereocenters. The maximum atomic E-state index is 10.9. The molecule has 1 aromatic heterocycles. The monoisotopic (exact) mass is 251 g/mol. The second kappa shape index (κ2) is 4.45. The number of anilines is 2. The summed E-state index contributed by atoms with van der Waals surface area (Å²) >= 11 is 0. The van der Waals surface area contributed by atoms with Crippen LogP contribution in [-0.2, 0) is 4.74 Å². The van der Waals surface area contributed by atoms with Gasteiger partial charge in [0.2, 0.25) is 0 Å². The van der Waals surface area contributed by atoms with Crippen LogP contribution in [-0.4, -0.2) is 41.4 Å². The van der Waals surface area contributed by atoms with Gasteiger partial charge in [0.15, 0.2) is 11.5 Å². The van der Waals surface area contributed by atoms with Crippen molar-refractivity contribution in [2.24, 2.45) is 0 Å². The first-order valence-electron chi connectivity index (χ1n) is 5.78. The molecule has 2 heterocycles. The standard InChI is InChI=1S/C12H17N3O3/c1-12(2)7-15(5-6-18-12)10-8(13)3-4-9(14-10)11(16)17/h3-4H,5-7,13H2,1-2H3,(H,16,17). The van der Waals surface area contributed by atoms with Crippen molar-refractivity contribution in [1.82, 2.24) is 4.98 Å². The van der Waals surface area contributed by atoms with Gasteiger partial charge in [-0.05, 0) is 26.0 Å². The van der Waals surface area contributed by atoms with Crippen molar-refractivity contribution in [1.29, 1.82) is 0 Å². The Kier molecular flexibility index (Phi) is 3.13. The Labute approximate surface area is 105 Å². The third-order valence-electron chi connectivity index (χ3n) is 2.85. The minimum atomic E-state index is -1.05. The summed E-state index contributed by atoms with van der Waals surface area (Å²) < 4.78 is 5.61. The molecule has 3 N–H and O–H groups in total. The van der Waals surface area contributed by atoms with Crippen molar-refractivity contribution in [2.75, 3.05) is 30.3 Å². The highest BCUT2D eigenvalue weighted by Gasteiger charge is 2.29. The van der Waals surface area contributed by atoms with E-state index < -0.39 is 5.97 Å². The van der Waals surface area contributed by atoms with Crippen LogP contribution in [0.2, 0.25) is 0 Å². The number of hydrogen-bond donors (Lipinski definition) is 2. The van der Waals surface area contributed by atoms with E-state index in [0.717, 1.165) is 0 Å². The largest absolute Gasteiger partial charge is 0.477 e. The van der Waals surface area contributed by atoms with Crippen molar-refractivity contribution in [2.45, 2.75) is 19.4 Å². The average molecular weight is 251 g/mol. The lowest BCUT2D eigenvalue weighted by molar-refractivity contribution is -0.0278. The van der Waals surface area contributed by atoms with Crippen LogP contribution in [0.3, 0.4) is 0 Å². The predicted octanol–water partition coefficient (Wildman–Crippen LogP) is 0.977. The highest BCUT2D eigenvalue weighted by molar-refractivity contribution is 5.87. The molecule has 0 aromatic carbocycles. The molecule has 0 amide bonds. The highest BCUT2D eigenvalue weighted by atomic mass is 16.5. The summed E-state index contributed by atoms with van der Waals surface area (Å²) in [5, 5.41) is 8.95. The fourth-order valence-electron chi connectivity index (χ4n) is 2.03. The van der Waals surface area contributed by atoms with E-state index in [0.29, 0.717) is 31.2 Å². The van der Waals surface area contributed by atoms with Crippen molar-refractivity contribution < 1.29 is 14.6 Å². The van der Waals surface area contributed by atoms with Gasteiger partial charge in [-0.25, -0.2) is 9.78 Å². The van der Waals surface area contributed by atoms with Crippen molar-refractivity contribution in [3.05, 3.63) is 17.8 Å². The summed E-state index contributed by atoms with van der Waals surface area (Å²) in [5.41, 5.74) is 6.07.